The van der Waals surface area contributed by atoms with E-state index in [4.69, 9.17) is 4.74 Å². The van der Waals surface area contributed by atoms with Gasteiger partial charge in [0.15, 0.2) is 0 Å². The molecule has 1 amide bonds. The van der Waals surface area contributed by atoms with E-state index < -0.39 is 0 Å². The second-order valence-corrected chi connectivity index (χ2v) is 5.71. The number of ether oxygens (including phenoxy) is 1. The molecule has 25 heavy (non-hydrogen) atoms. The van der Waals surface area contributed by atoms with E-state index in [1.807, 2.05) is 31.2 Å². The van der Waals surface area contributed by atoms with Crippen molar-refractivity contribution in [2.75, 3.05) is 14.2 Å². The highest BCUT2D eigenvalue weighted by atomic mass is 16.5. The highest BCUT2D eigenvalue weighted by Gasteiger charge is 2.21. The second kappa shape index (κ2) is 7.17. The fourth-order valence-corrected chi connectivity index (χ4v) is 2.66. The lowest BCUT2D eigenvalue weighted by atomic mass is 10.1. The van der Waals surface area contributed by atoms with Gasteiger partial charge in [0.2, 0.25) is 0 Å². The summed E-state index contributed by atoms with van der Waals surface area (Å²) in [6, 6.07) is 11.2. The smallest absolute Gasteiger partial charge is 0.255 e. The summed E-state index contributed by atoms with van der Waals surface area (Å²) < 4.78 is 7.19. The third-order valence-electron chi connectivity index (χ3n) is 4.25. The molecule has 0 aliphatic heterocycles. The van der Waals surface area contributed by atoms with Gasteiger partial charge in [0.05, 0.1) is 18.7 Å². The van der Waals surface area contributed by atoms with Gasteiger partial charge in [-0.15, -0.1) is 0 Å². The number of benzene rings is 1. The Bertz CT molecular complexity index is 844. The molecule has 1 unspecified atom stereocenters. The van der Waals surface area contributed by atoms with Crippen LogP contribution < -0.4 is 4.74 Å². The zero-order chi connectivity index (χ0) is 17.8. The molecule has 6 nitrogen and oxygen atoms in total. The quantitative estimate of drug-likeness (QED) is 0.718. The molecule has 1 atom stereocenters. The number of aromatic nitrogens is 3. The Hall–Kier alpha value is -3.15. The van der Waals surface area contributed by atoms with Gasteiger partial charge in [0.25, 0.3) is 5.91 Å². The van der Waals surface area contributed by atoms with E-state index in [1.54, 1.807) is 60.7 Å². The summed E-state index contributed by atoms with van der Waals surface area (Å²) in [4.78, 5) is 22.8. The van der Waals surface area contributed by atoms with Gasteiger partial charge in [-0.05, 0) is 25.1 Å². The van der Waals surface area contributed by atoms with Crippen LogP contribution in [-0.2, 0) is 0 Å². The summed E-state index contributed by atoms with van der Waals surface area (Å²) in [6.45, 7) is 1.98. The fraction of sp³-hybridized carbons (Fsp3) is 0.211. The molecule has 0 bridgehead atoms. The monoisotopic (exact) mass is 336 g/mol. The van der Waals surface area contributed by atoms with E-state index >= 15 is 0 Å². The Morgan fingerprint density at radius 1 is 1.24 bits per heavy atom. The van der Waals surface area contributed by atoms with Crippen molar-refractivity contribution in [2.45, 2.75) is 13.0 Å². The number of amides is 1. The first kappa shape index (κ1) is 16.7. The van der Waals surface area contributed by atoms with Crippen LogP contribution in [0.15, 0.2) is 61.3 Å². The molecule has 0 spiro atoms. The zero-order valence-corrected chi connectivity index (χ0v) is 14.5. The number of pyridine rings is 1. The lowest BCUT2D eigenvalue weighted by molar-refractivity contribution is 0.0740. The number of carbonyl (C=O) groups excluding carboxylic acids is 1. The first-order chi connectivity index (χ1) is 12.1. The first-order valence-corrected chi connectivity index (χ1v) is 7.96. The molecule has 3 rings (SSSR count). The molecule has 0 saturated heterocycles. The molecule has 0 saturated carbocycles. The number of imidazole rings is 1. The van der Waals surface area contributed by atoms with Crippen molar-refractivity contribution in [3.05, 3.63) is 72.4 Å². The van der Waals surface area contributed by atoms with Gasteiger partial charge in [-0.25, -0.2) is 9.97 Å². The molecule has 0 aliphatic carbocycles. The number of hydrogen-bond acceptors (Lipinski definition) is 4. The first-order valence-electron chi connectivity index (χ1n) is 7.96. The van der Waals surface area contributed by atoms with Crippen molar-refractivity contribution in [3.8, 4) is 11.6 Å². The van der Waals surface area contributed by atoms with Crippen molar-refractivity contribution in [3.63, 3.8) is 0 Å². The topological polar surface area (TPSA) is 60.2 Å². The van der Waals surface area contributed by atoms with Gasteiger partial charge >= 0.3 is 0 Å². The second-order valence-electron chi connectivity index (χ2n) is 5.71. The van der Waals surface area contributed by atoms with E-state index in [2.05, 4.69) is 9.97 Å². The molecule has 2 heterocycles. The summed E-state index contributed by atoms with van der Waals surface area (Å²) in [5.74, 6) is 1.39. The summed E-state index contributed by atoms with van der Waals surface area (Å²) in [5.41, 5.74) is 1.50. The summed E-state index contributed by atoms with van der Waals surface area (Å²) in [6.07, 6.45) is 6.74. The Labute approximate surface area is 146 Å². The Morgan fingerprint density at radius 3 is 2.68 bits per heavy atom. The molecular formula is C19H20N4O2. The maximum absolute atomic E-state index is 12.8. The Morgan fingerprint density at radius 2 is 2.04 bits per heavy atom. The minimum atomic E-state index is -0.128. The van der Waals surface area contributed by atoms with Crippen LogP contribution in [0.5, 0.6) is 5.75 Å². The molecule has 6 heteroatoms. The SMILES string of the molecule is COc1ccccc1C(C)N(C)C(=O)c1ccc(-n2ccnc2)nc1. The van der Waals surface area contributed by atoms with E-state index in [0.29, 0.717) is 5.56 Å². The van der Waals surface area contributed by atoms with Gasteiger partial charge in [-0.2, -0.15) is 0 Å². The van der Waals surface area contributed by atoms with Crippen LogP contribution in [0.3, 0.4) is 0 Å². The van der Waals surface area contributed by atoms with Crippen LogP contribution in [0.25, 0.3) is 5.82 Å². The minimum absolute atomic E-state index is 0.0944. The van der Waals surface area contributed by atoms with Gasteiger partial charge < -0.3 is 9.64 Å². The molecule has 1 aromatic carbocycles. The predicted molar refractivity (Wildman–Crippen MR) is 94.9 cm³/mol. The highest BCUT2D eigenvalue weighted by Crippen LogP contribution is 2.28. The Kier molecular flexibility index (Phi) is 4.79. The molecule has 0 fully saturated rings. The molecular weight excluding hydrogens is 316 g/mol. The number of nitrogens with zero attached hydrogens (tertiary/aromatic N) is 4. The number of hydrogen-bond donors (Lipinski definition) is 0. The van der Waals surface area contributed by atoms with Crippen LogP contribution in [-0.4, -0.2) is 39.5 Å². The van der Waals surface area contributed by atoms with Crippen LogP contribution >= 0.6 is 0 Å². The lowest BCUT2D eigenvalue weighted by Gasteiger charge is -2.26. The number of para-hydroxylation sites is 1. The van der Waals surface area contributed by atoms with Crippen LogP contribution in [0.2, 0.25) is 0 Å². The molecule has 128 valence electrons. The summed E-state index contributed by atoms with van der Waals surface area (Å²) >= 11 is 0. The molecule has 2 aromatic heterocycles. The van der Waals surface area contributed by atoms with E-state index in [0.717, 1.165) is 17.1 Å². The zero-order valence-electron chi connectivity index (χ0n) is 14.5. The maximum atomic E-state index is 12.8. The standard InChI is InChI=1S/C19H20N4O2/c1-14(16-6-4-5-7-17(16)25-3)22(2)19(24)15-8-9-18(21-12-15)23-11-10-20-13-23/h4-14H,1-3H3. The van der Waals surface area contributed by atoms with Gasteiger partial charge in [0.1, 0.15) is 17.9 Å². The molecule has 0 N–H and O–H groups in total. The van der Waals surface area contributed by atoms with Crippen molar-refractivity contribution in [1.82, 2.24) is 19.4 Å². The van der Waals surface area contributed by atoms with Gasteiger partial charge in [-0.3, -0.25) is 9.36 Å². The van der Waals surface area contributed by atoms with Gasteiger partial charge in [-0.1, -0.05) is 18.2 Å². The number of carbonyl (C=O) groups is 1. The minimum Gasteiger partial charge on any atom is -0.496 e. The van der Waals surface area contributed by atoms with E-state index in [1.165, 1.54) is 0 Å². The largest absolute Gasteiger partial charge is 0.496 e. The van der Waals surface area contributed by atoms with Gasteiger partial charge in [0, 0.05) is 31.2 Å². The van der Waals surface area contributed by atoms with Crippen molar-refractivity contribution < 1.29 is 9.53 Å². The third-order valence-corrected chi connectivity index (χ3v) is 4.25. The van der Waals surface area contributed by atoms with Crippen molar-refractivity contribution >= 4 is 5.91 Å². The van der Waals surface area contributed by atoms with E-state index in [9.17, 15) is 4.79 Å². The predicted octanol–water partition coefficient (Wildman–Crippen LogP) is 3.11. The Balaban J connectivity index is 1.80. The van der Waals surface area contributed by atoms with Crippen molar-refractivity contribution in [2.24, 2.45) is 0 Å². The highest BCUT2D eigenvalue weighted by molar-refractivity contribution is 5.94. The molecule has 3 aromatic rings. The van der Waals surface area contributed by atoms with Crippen LogP contribution in [0.1, 0.15) is 28.9 Å². The summed E-state index contributed by atoms with van der Waals surface area (Å²) in [7, 11) is 3.41. The number of methoxy groups -OCH3 is 1. The van der Waals surface area contributed by atoms with E-state index in [-0.39, 0.29) is 11.9 Å². The fourth-order valence-electron chi connectivity index (χ4n) is 2.66. The lowest BCUT2D eigenvalue weighted by Crippen LogP contribution is -2.30. The normalized spacial score (nSPS) is 11.8. The van der Waals surface area contributed by atoms with Crippen LogP contribution in [0.4, 0.5) is 0 Å². The van der Waals surface area contributed by atoms with Crippen molar-refractivity contribution in [1.29, 1.82) is 0 Å². The third kappa shape index (κ3) is 3.38. The average molecular weight is 336 g/mol. The van der Waals surface area contributed by atoms with Crippen LogP contribution in [0, 0.1) is 0 Å². The maximum Gasteiger partial charge on any atom is 0.255 e. The molecule has 0 radical (unpaired) electrons. The summed E-state index contributed by atoms with van der Waals surface area (Å²) in [5, 5.41) is 0. The number of rotatable bonds is 5. The average Bonchev–Trinajstić information content (AvgIpc) is 3.21. The molecule has 0 aliphatic rings.